The van der Waals surface area contributed by atoms with Gasteiger partial charge in [-0.2, -0.15) is 18.2 Å². The van der Waals surface area contributed by atoms with Crippen molar-refractivity contribution in [3.05, 3.63) is 11.7 Å². The summed E-state index contributed by atoms with van der Waals surface area (Å²) in [6.45, 7) is 4.91. The molecule has 1 aromatic rings. The Morgan fingerprint density at radius 1 is 1.41 bits per heavy atom. The Kier molecular flexibility index (Phi) is 4.92. The Labute approximate surface area is 97.6 Å². The van der Waals surface area contributed by atoms with Gasteiger partial charge in [-0.25, -0.2) is 0 Å². The predicted molar refractivity (Wildman–Crippen MR) is 55.4 cm³/mol. The molecule has 4 nitrogen and oxygen atoms in total. The molecule has 1 atom stereocenters. The number of hydrogen-bond acceptors (Lipinski definition) is 4. The molecule has 1 unspecified atom stereocenters. The van der Waals surface area contributed by atoms with Gasteiger partial charge < -0.3 is 9.84 Å². The standard InChI is InChI=1S/C10H16F3N3O/c1-3-6-14-7(2)4-5-8-15-9(16-17-8)10(11,12)13/h7,14H,3-6H2,1-2H3. The average molecular weight is 251 g/mol. The Bertz CT molecular complexity index is 338. The number of aryl methyl sites for hydroxylation is 1. The van der Waals surface area contributed by atoms with E-state index < -0.39 is 12.0 Å². The molecule has 0 aromatic carbocycles. The van der Waals surface area contributed by atoms with Gasteiger partial charge in [0.05, 0.1) is 0 Å². The van der Waals surface area contributed by atoms with Crippen molar-refractivity contribution in [3.8, 4) is 0 Å². The molecule has 0 saturated carbocycles. The number of halogens is 3. The minimum absolute atomic E-state index is 0.0301. The maximum absolute atomic E-state index is 12.2. The molecule has 1 aromatic heterocycles. The van der Waals surface area contributed by atoms with E-state index >= 15 is 0 Å². The Morgan fingerprint density at radius 3 is 2.65 bits per heavy atom. The van der Waals surface area contributed by atoms with E-state index in [0.29, 0.717) is 12.8 Å². The molecular formula is C10H16F3N3O. The van der Waals surface area contributed by atoms with E-state index in [4.69, 9.17) is 0 Å². The van der Waals surface area contributed by atoms with Crippen molar-refractivity contribution >= 4 is 0 Å². The molecule has 0 spiro atoms. The third kappa shape index (κ3) is 4.72. The van der Waals surface area contributed by atoms with Gasteiger partial charge in [-0.05, 0) is 26.3 Å². The fourth-order valence-electron chi connectivity index (χ4n) is 1.30. The van der Waals surface area contributed by atoms with Crippen LogP contribution in [0.1, 0.15) is 38.4 Å². The smallest absolute Gasteiger partial charge is 0.339 e. The van der Waals surface area contributed by atoms with Crippen LogP contribution in [0.15, 0.2) is 4.52 Å². The van der Waals surface area contributed by atoms with Gasteiger partial charge in [0.15, 0.2) is 0 Å². The van der Waals surface area contributed by atoms with E-state index in [0.717, 1.165) is 13.0 Å². The summed E-state index contributed by atoms with van der Waals surface area (Å²) in [7, 11) is 0. The highest BCUT2D eigenvalue weighted by atomic mass is 19.4. The third-order valence-electron chi connectivity index (χ3n) is 2.26. The normalized spacial score (nSPS) is 13.9. The van der Waals surface area contributed by atoms with Crippen molar-refractivity contribution < 1.29 is 17.7 Å². The topological polar surface area (TPSA) is 51.0 Å². The molecule has 1 heterocycles. The van der Waals surface area contributed by atoms with E-state index in [2.05, 4.69) is 20.0 Å². The van der Waals surface area contributed by atoms with Crippen LogP contribution in [0.3, 0.4) is 0 Å². The Balaban J connectivity index is 2.40. The van der Waals surface area contributed by atoms with Gasteiger partial charge in [0.2, 0.25) is 5.89 Å². The molecule has 0 aliphatic rings. The van der Waals surface area contributed by atoms with E-state index in [1.54, 1.807) is 0 Å². The van der Waals surface area contributed by atoms with Crippen LogP contribution in [-0.2, 0) is 12.6 Å². The molecule has 0 bridgehead atoms. The first-order valence-corrected chi connectivity index (χ1v) is 5.56. The molecule has 0 amide bonds. The van der Waals surface area contributed by atoms with Gasteiger partial charge in [-0.3, -0.25) is 0 Å². The monoisotopic (exact) mass is 251 g/mol. The summed E-state index contributed by atoms with van der Waals surface area (Å²) >= 11 is 0. The number of nitrogens with zero attached hydrogens (tertiary/aromatic N) is 2. The molecular weight excluding hydrogens is 235 g/mol. The average Bonchev–Trinajstić information content (AvgIpc) is 2.71. The zero-order valence-electron chi connectivity index (χ0n) is 9.84. The minimum Gasteiger partial charge on any atom is -0.339 e. The highest BCUT2D eigenvalue weighted by Crippen LogP contribution is 2.26. The number of nitrogens with one attached hydrogen (secondary N) is 1. The summed E-state index contributed by atoms with van der Waals surface area (Å²) in [5, 5.41) is 6.12. The molecule has 1 N–H and O–H groups in total. The molecule has 98 valence electrons. The molecule has 1 rings (SSSR count). The minimum atomic E-state index is -4.53. The highest BCUT2D eigenvalue weighted by Gasteiger charge is 2.37. The maximum atomic E-state index is 12.2. The zero-order valence-corrected chi connectivity index (χ0v) is 9.84. The summed E-state index contributed by atoms with van der Waals surface area (Å²) in [4.78, 5) is 3.30. The van der Waals surface area contributed by atoms with E-state index in [1.165, 1.54) is 0 Å². The fraction of sp³-hybridized carbons (Fsp3) is 0.800. The number of alkyl halides is 3. The SMILES string of the molecule is CCCNC(C)CCc1nc(C(F)(F)F)no1. The largest absolute Gasteiger partial charge is 0.455 e. The second-order valence-corrected chi connectivity index (χ2v) is 3.90. The van der Waals surface area contributed by atoms with Crippen molar-refractivity contribution in [3.63, 3.8) is 0 Å². The quantitative estimate of drug-likeness (QED) is 0.843. The molecule has 0 fully saturated rings. The number of hydrogen-bond donors (Lipinski definition) is 1. The van der Waals surface area contributed by atoms with Crippen molar-refractivity contribution in [1.82, 2.24) is 15.5 Å². The number of aromatic nitrogens is 2. The van der Waals surface area contributed by atoms with Crippen LogP contribution < -0.4 is 5.32 Å². The van der Waals surface area contributed by atoms with E-state index in [9.17, 15) is 13.2 Å². The summed E-state index contributed by atoms with van der Waals surface area (Å²) in [5.41, 5.74) is 0. The van der Waals surface area contributed by atoms with Crippen LogP contribution >= 0.6 is 0 Å². The molecule has 0 saturated heterocycles. The lowest BCUT2D eigenvalue weighted by Crippen LogP contribution is -2.27. The van der Waals surface area contributed by atoms with Gasteiger partial charge in [0, 0.05) is 12.5 Å². The molecule has 7 heteroatoms. The first-order chi connectivity index (χ1) is 7.93. The Hall–Kier alpha value is -1.11. The Morgan fingerprint density at radius 2 is 2.12 bits per heavy atom. The maximum Gasteiger partial charge on any atom is 0.455 e. The van der Waals surface area contributed by atoms with Crippen molar-refractivity contribution in [1.29, 1.82) is 0 Å². The van der Waals surface area contributed by atoms with Crippen molar-refractivity contribution in [2.75, 3.05) is 6.54 Å². The second-order valence-electron chi connectivity index (χ2n) is 3.90. The lowest BCUT2D eigenvalue weighted by Gasteiger charge is -2.10. The fourth-order valence-corrected chi connectivity index (χ4v) is 1.30. The van der Waals surface area contributed by atoms with Gasteiger partial charge >= 0.3 is 6.18 Å². The molecule has 0 aliphatic heterocycles. The van der Waals surface area contributed by atoms with Crippen LogP contribution in [0.5, 0.6) is 0 Å². The first-order valence-electron chi connectivity index (χ1n) is 5.56. The van der Waals surface area contributed by atoms with Crippen molar-refractivity contribution in [2.45, 2.75) is 45.3 Å². The van der Waals surface area contributed by atoms with Crippen LogP contribution in [0.25, 0.3) is 0 Å². The van der Waals surface area contributed by atoms with Crippen LogP contribution in [0.2, 0.25) is 0 Å². The summed E-state index contributed by atoms with van der Waals surface area (Å²) in [6.07, 6.45) is -2.50. The van der Waals surface area contributed by atoms with E-state index in [-0.39, 0.29) is 11.9 Å². The lowest BCUT2D eigenvalue weighted by atomic mass is 10.2. The number of rotatable bonds is 6. The van der Waals surface area contributed by atoms with Gasteiger partial charge in [0.25, 0.3) is 5.82 Å². The highest BCUT2D eigenvalue weighted by molar-refractivity contribution is 4.91. The van der Waals surface area contributed by atoms with E-state index in [1.807, 2.05) is 13.8 Å². The van der Waals surface area contributed by atoms with Gasteiger partial charge in [0.1, 0.15) is 0 Å². The molecule has 0 aliphatic carbocycles. The van der Waals surface area contributed by atoms with Gasteiger partial charge in [-0.1, -0.05) is 12.1 Å². The van der Waals surface area contributed by atoms with Crippen LogP contribution in [0.4, 0.5) is 13.2 Å². The summed E-state index contributed by atoms with van der Waals surface area (Å²) in [6, 6.07) is 0.219. The van der Waals surface area contributed by atoms with Crippen molar-refractivity contribution in [2.24, 2.45) is 0 Å². The second kappa shape index (κ2) is 6.00. The third-order valence-corrected chi connectivity index (χ3v) is 2.26. The van der Waals surface area contributed by atoms with Gasteiger partial charge in [-0.15, -0.1) is 0 Å². The zero-order chi connectivity index (χ0) is 12.9. The molecule has 17 heavy (non-hydrogen) atoms. The summed E-state index contributed by atoms with van der Waals surface area (Å²) in [5.74, 6) is -1.18. The lowest BCUT2D eigenvalue weighted by molar-refractivity contribution is -0.146. The molecule has 0 radical (unpaired) electrons. The summed E-state index contributed by atoms with van der Waals surface area (Å²) < 4.78 is 41.0. The first kappa shape index (κ1) is 14.0. The predicted octanol–water partition coefficient (Wildman–Crippen LogP) is 2.41. The van der Waals surface area contributed by atoms with Crippen LogP contribution in [-0.4, -0.2) is 22.7 Å². The van der Waals surface area contributed by atoms with Crippen LogP contribution in [0, 0.1) is 0 Å².